The molecule has 1 unspecified atom stereocenters. The molecule has 6 heteroatoms. The van der Waals surface area contributed by atoms with Crippen LogP contribution in [0.1, 0.15) is 23.4 Å². The molecule has 0 fully saturated rings. The number of halogens is 1. The summed E-state index contributed by atoms with van der Waals surface area (Å²) in [5.41, 5.74) is 1.88. The van der Waals surface area contributed by atoms with E-state index in [0.29, 0.717) is 4.90 Å². The molecule has 2 aromatic rings. The van der Waals surface area contributed by atoms with E-state index in [2.05, 4.69) is 34.2 Å². The Morgan fingerprint density at radius 2 is 1.95 bits per heavy atom. The van der Waals surface area contributed by atoms with Crippen molar-refractivity contribution in [3.63, 3.8) is 0 Å². The standard InChI is InChI=1S/C14H16BrNO2S2/c1-9-4-5-11(20(3,17)18)8-12(9)16-10(2)13-6-7-14(15)19-13/h4-8,10,16H,1-3H3. The highest BCUT2D eigenvalue weighted by atomic mass is 79.9. The maximum Gasteiger partial charge on any atom is 0.175 e. The number of sulfone groups is 1. The molecular weight excluding hydrogens is 358 g/mol. The van der Waals surface area contributed by atoms with Crippen LogP contribution in [0.5, 0.6) is 0 Å². The van der Waals surface area contributed by atoms with Gasteiger partial charge in [-0.1, -0.05) is 6.07 Å². The number of hydrogen-bond acceptors (Lipinski definition) is 4. The fraction of sp³-hybridized carbons (Fsp3) is 0.286. The first-order valence-corrected chi connectivity index (χ1v) is 9.60. The summed E-state index contributed by atoms with van der Waals surface area (Å²) in [6.45, 7) is 4.02. The number of aryl methyl sites for hydroxylation is 1. The monoisotopic (exact) mass is 373 g/mol. The Bertz CT molecular complexity index is 723. The summed E-state index contributed by atoms with van der Waals surface area (Å²) in [7, 11) is -3.18. The van der Waals surface area contributed by atoms with Crippen molar-refractivity contribution in [3.05, 3.63) is 44.6 Å². The van der Waals surface area contributed by atoms with Crippen molar-refractivity contribution in [1.82, 2.24) is 0 Å². The zero-order valence-electron chi connectivity index (χ0n) is 11.5. The van der Waals surface area contributed by atoms with Gasteiger partial charge in [-0.05, 0) is 59.6 Å². The quantitative estimate of drug-likeness (QED) is 0.863. The second-order valence-electron chi connectivity index (χ2n) is 4.76. The molecule has 1 aromatic carbocycles. The van der Waals surface area contributed by atoms with Gasteiger partial charge in [-0.2, -0.15) is 0 Å². The lowest BCUT2D eigenvalue weighted by molar-refractivity contribution is 0.602. The lowest BCUT2D eigenvalue weighted by Gasteiger charge is -2.16. The fourth-order valence-corrected chi connectivity index (χ4v) is 3.93. The number of benzene rings is 1. The van der Waals surface area contributed by atoms with E-state index in [-0.39, 0.29) is 6.04 Å². The first-order valence-electron chi connectivity index (χ1n) is 6.10. The van der Waals surface area contributed by atoms with E-state index in [9.17, 15) is 8.42 Å². The Kier molecular flexibility index (Phi) is 4.56. The lowest BCUT2D eigenvalue weighted by Crippen LogP contribution is -2.07. The summed E-state index contributed by atoms with van der Waals surface area (Å²) in [5, 5.41) is 3.38. The van der Waals surface area contributed by atoms with Crippen LogP contribution in [0, 0.1) is 6.92 Å². The Hall–Kier alpha value is -0.850. The molecule has 0 amide bonds. The topological polar surface area (TPSA) is 46.2 Å². The van der Waals surface area contributed by atoms with E-state index >= 15 is 0 Å². The molecule has 1 aromatic heterocycles. The third-order valence-corrected chi connectivity index (χ3v) is 5.95. The van der Waals surface area contributed by atoms with Gasteiger partial charge in [0.1, 0.15) is 0 Å². The fourth-order valence-electron chi connectivity index (χ4n) is 1.85. The SMILES string of the molecule is Cc1ccc(S(C)(=O)=O)cc1NC(C)c1ccc(Br)s1. The molecule has 1 N–H and O–H groups in total. The van der Waals surface area contributed by atoms with E-state index in [1.54, 1.807) is 23.5 Å². The van der Waals surface area contributed by atoms with Gasteiger partial charge in [-0.15, -0.1) is 11.3 Å². The minimum absolute atomic E-state index is 0.125. The molecule has 0 radical (unpaired) electrons. The van der Waals surface area contributed by atoms with E-state index in [1.807, 2.05) is 19.1 Å². The van der Waals surface area contributed by atoms with Crippen LogP contribution in [0.4, 0.5) is 5.69 Å². The van der Waals surface area contributed by atoms with Crippen LogP contribution < -0.4 is 5.32 Å². The average molecular weight is 374 g/mol. The Morgan fingerprint density at radius 1 is 1.25 bits per heavy atom. The molecule has 20 heavy (non-hydrogen) atoms. The summed E-state index contributed by atoms with van der Waals surface area (Å²) in [6.07, 6.45) is 1.22. The van der Waals surface area contributed by atoms with Crippen molar-refractivity contribution >= 4 is 42.8 Å². The van der Waals surface area contributed by atoms with E-state index in [4.69, 9.17) is 0 Å². The van der Waals surface area contributed by atoms with Gasteiger partial charge in [0.15, 0.2) is 9.84 Å². The van der Waals surface area contributed by atoms with Crippen molar-refractivity contribution in [2.75, 3.05) is 11.6 Å². The number of hydrogen-bond donors (Lipinski definition) is 1. The first kappa shape index (κ1) is 15.5. The van der Waals surface area contributed by atoms with Gasteiger partial charge in [0.05, 0.1) is 14.7 Å². The van der Waals surface area contributed by atoms with Crippen LogP contribution in [-0.2, 0) is 9.84 Å². The Balaban J connectivity index is 2.29. The van der Waals surface area contributed by atoms with E-state index in [1.165, 1.54) is 11.1 Å². The molecule has 0 aliphatic carbocycles. The third kappa shape index (κ3) is 3.62. The van der Waals surface area contributed by atoms with Gasteiger partial charge >= 0.3 is 0 Å². The van der Waals surface area contributed by atoms with Gasteiger partial charge in [0, 0.05) is 16.8 Å². The molecule has 0 saturated carbocycles. The van der Waals surface area contributed by atoms with Crippen LogP contribution in [0.15, 0.2) is 39.0 Å². The molecule has 0 aliphatic rings. The van der Waals surface area contributed by atoms with Crippen LogP contribution in [0.25, 0.3) is 0 Å². The van der Waals surface area contributed by atoms with Crippen molar-refractivity contribution < 1.29 is 8.42 Å². The minimum Gasteiger partial charge on any atom is -0.377 e. The maximum absolute atomic E-state index is 11.6. The van der Waals surface area contributed by atoms with E-state index < -0.39 is 9.84 Å². The molecule has 0 spiro atoms. The highest BCUT2D eigenvalue weighted by molar-refractivity contribution is 9.11. The van der Waals surface area contributed by atoms with Crippen molar-refractivity contribution in [2.24, 2.45) is 0 Å². The van der Waals surface area contributed by atoms with Crippen LogP contribution in [0.3, 0.4) is 0 Å². The van der Waals surface area contributed by atoms with Gasteiger partial charge in [0.25, 0.3) is 0 Å². The summed E-state index contributed by atoms with van der Waals surface area (Å²) in [6, 6.07) is 9.36. The molecular formula is C14H16BrNO2S2. The van der Waals surface area contributed by atoms with Gasteiger partial charge < -0.3 is 5.32 Å². The minimum atomic E-state index is -3.18. The van der Waals surface area contributed by atoms with Crippen LogP contribution in [-0.4, -0.2) is 14.7 Å². The van der Waals surface area contributed by atoms with Crippen LogP contribution >= 0.6 is 27.3 Å². The zero-order chi connectivity index (χ0) is 14.9. The Labute approximate surface area is 132 Å². The second kappa shape index (κ2) is 5.87. The highest BCUT2D eigenvalue weighted by Gasteiger charge is 2.13. The molecule has 3 nitrogen and oxygen atoms in total. The maximum atomic E-state index is 11.6. The zero-order valence-corrected chi connectivity index (χ0v) is 14.7. The smallest absolute Gasteiger partial charge is 0.175 e. The van der Waals surface area contributed by atoms with Gasteiger partial charge in [0.2, 0.25) is 0 Å². The van der Waals surface area contributed by atoms with Crippen molar-refractivity contribution in [1.29, 1.82) is 0 Å². The van der Waals surface area contributed by atoms with Crippen molar-refractivity contribution in [3.8, 4) is 0 Å². The summed E-state index contributed by atoms with van der Waals surface area (Å²) >= 11 is 5.12. The third-order valence-electron chi connectivity index (χ3n) is 3.03. The predicted molar refractivity (Wildman–Crippen MR) is 88.3 cm³/mol. The van der Waals surface area contributed by atoms with E-state index in [0.717, 1.165) is 15.0 Å². The van der Waals surface area contributed by atoms with Crippen LogP contribution in [0.2, 0.25) is 0 Å². The second-order valence-corrected chi connectivity index (χ2v) is 9.27. The van der Waals surface area contributed by atoms with Gasteiger partial charge in [-0.25, -0.2) is 8.42 Å². The molecule has 1 heterocycles. The summed E-state index contributed by atoms with van der Waals surface area (Å²) in [4.78, 5) is 1.53. The molecule has 0 aliphatic heterocycles. The number of anilines is 1. The largest absolute Gasteiger partial charge is 0.377 e. The number of nitrogens with one attached hydrogen (secondary N) is 1. The highest BCUT2D eigenvalue weighted by Crippen LogP contribution is 2.30. The molecule has 0 bridgehead atoms. The molecule has 108 valence electrons. The van der Waals surface area contributed by atoms with Gasteiger partial charge in [-0.3, -0.25) is 0 Å². The normalized spacial score (nSPS) is 13.2. The Morgan fingerprint density at radius 3 is 2.50 bits per heavy atom. The molecule has 2 rings (SSSR count). The number of thiophene rings is 1. The average Bonchev–Trinajstić information content (AvgIpc) is 2.77. The summed E-state index contributed by atoms with van der Waals surface area (Å²) in [5.74, 6) is 0. The first-order chi connectivity index (χ1) is 9.27. The number of rotatable bonds is 4. The molecule has 1 atom stereocenters. The molecule has 0 saturated heterocycles. The predicted octanol–water partition coefficient (Wildman–Crippen LogP) is 4.40. The summed E-state index contributed by atoms with van der Waals surface area (Å²) < 4.78 is 24.3. The lowest BCUT2D eigenvalue weighted by atomic mass is 10.1. The van der Waals surface area contributed by atoms with Crippen molar-refractivity contribution in [2.45, 2.75) is 24.8 Å².